The van der Waals surface area contributed by atoms with Crippen LogP contribution in [-0.4, -0.2) is 58.6 Å². The van der Waals surface area contributed by atoms with E-state index in [1.54, 1.807) is 20.8 Å². The summed E-state index contributed by atoms with van der Waals surface area (Å²) in [6.07, 6.45) is -1.28. The van der Waals surface area contributed by atoms with Gasteiger partial charge in [-0.05, 0) is 20.8 Å². The molecular weight excluding hydrogens is 272 g/mol. The number of methoxy groups -OCH3 is 1. The molecule has 110 valence electrons. The second-order valence-electron chi connectivity index (χ2n) is 5.21. The predicted molar refractivity (Wildman–Crippen MR) is 70.5 cm³/mol. The molecule has 0 aromatic carbocycles. The highest BCUT2D eigenvalue weighted by Crippen LogP contribution is 2.13. The molecule has 2 amide bonds. The van der Waals surface area contributed by atoms with Gasteiger partial charge in [0, 0.05) is 13.1 Å². The van der Waals surface area contributed by atoms with Crippen LogP contribution in [0.25, 0.3) is 0 Å². The Morgan fingerprint density at radius 2 is 1.74 bits per heavy atom. The Morgan fingerprint density at radius 1 is 1.21 bits per heavy atom. The molecule has 0 unspecified atom stereocenters. The van der Waals surface area contributed by atoms with Crippen LogP contribution in [-0.2, 0) is 19.2 Å². The lowest BCUT2D eigenvalue weighted by Crippen LogP contribution is -2.45. The molecule has 1 rings (SSSR count). The third kappa shape index (κ3) is 5.06. The Bertz CT molecular complexity index is 460. The first-order chi connectivity index (χ1) is 8.65. The average molecular weight is 292 g/mol. The van der Waals surface area contributed by atoms with Crippen LogP contribution in [0.2, 0.25) is 0 Å². The van der Waals surface area contributed by atoms with Gasteiger partial charge in [0.15, 0.2) is 0 Å². The minimum atomic E-state index is -2.61. The molecule has 0 radical (unpaired) electrons. The fourth-order valence-corrected chi connectivity index (χ4v) is 3.24. The third-order valence-corrected chi connectivity index (χ3v) is 4.55. The van der Waals surface area contributed by atoms with Crippen molar-refractivity contribution in [2.75, 3.05) is 31.7 Å². The topological polar surface area (TPSA) is 85.3 Å². The second-order valence-corrected chi connectivity index (χ2v) is 7.75. The van der Waals surface area contributed by atoms with Crippen molar-refractivity contribution in [2.24, 2.45) is 4.36 Å². The normalized spacial score (nSPS) is 18.6. The van der Waals surface area contributed by atoms with Gasteiger partial charge in [0.05, 0.1) is 28.3 Å². The Hall–Kier alpha value is -1.31. The number of nitrogens with zero attached hydrogens (tertiary/aromatic N) is 2. The van der Waals surface area contributed by atoms with E-state index >= 15 is 0 Å². The van der Waals surface area contributed by atoms with Crippen molar-refractivity contribution in [3.05, 3.63) is 0 Å². The summed E-state index contributed by atoms with van der Waals surface area (Å²) in [6, 6.07) is 0. The Balaban J connectivity index is 2.63. The van der Waals surface area contributed by atoms with Crippen molar-refractivity contribution in [1.82, 2.24) is 4.90 Å². The number of hydrogen-bond donors (Lipinski definition) is 0. The van der Waals surface area contributed by atoms with Gasteiger partial charge in [0.2, 0.25) is 0 Å². The van der Waals surface area contributed by atoms with Gasteiger partial charge < -0.3 is 14.4 Å². The van der Waals surface area contributed by atoms with Gasteiger partial charge in [-0.15, -0.1) is 4.36 Å². The molecule has 8 heteroatoms. The lowest BCUT2D eigenvalue weighted by atomic mass is 10.2. The van der Waals surface area contributed by atoms with Gasteiger partial charge in [-0.1, -0.05) is 0 Å². The lowest BCUT2D eigenvalue weighted by Gasteiger charge is -2.30. The smallest absolute Gasteiger partial charge is 0.441 e. The van der Waals surface area contributed by atoms with E-state index < -0.39 is 27.5 Å². The zero-order chi connectivity index (χ0) is 14.7. The fraction of sp³-hybridized carbons (Fsp3) is 0.818. The predicted octanol–water partition coefficient (Wildman–Crippen LogP) is 1.47. The molecule has 1 fully saturated rings. The summed E-state index contributed by atoms with van der Waals surface area (Å²) in [5, 5.41) is 0. The standard InChI is InChI=1S/C11H20N2O5S/c1-11(2,3)18-10(15)13-5-7-19(16,8-6-13)12-9(14)17-4/h5-8H2,1-4H3. The fourth-order valence-electron chi connectivity index (χ4n) is 1.49. The molecule has 0 aliphatic carbocycles. The van der Waals surface area contributed by atoms with E-state index in [-0.39, 0.29) is 24.6 Å². The molecule has 0 atom stereocenters. The molecule has 0 N–H and O–H groups in total. The van der Waals surface area contributed by atoms with Crippen LogP contribution < -0.4 is 0 Å². The minimum absolute atomic E-state index is 0.154. The summed E-state index contributed by atoms with van der Waals surface area (Å²) in [6.45, 7) is 5.86. The van der Waals surface area contributed by atoms with Crippen LogP contribution in [0, 0.1) is 0 Å². The first-order valence-corrected chi connectivity index (χ1v) is 7.79. The largest absolute Gasteiger partial charge is 0.451 e. The van der Waals surface area contributed by atoms with Gasteiger partial charge in [-0.25, -0.2) is 13.8 Å². The van der Waals surface area contributed by atoms with Gasteiger partial charge in [0.1, 0.15) is 5.60 Å². The van der Waals surface area contributed by atoms with Crippen molar-refractivity contribution >= 4 is 21.9 Å². The molecule has 19 heavy (non-hydrogen) atoms. The summed E-state index contributed by atoms with van der Waals surface area (Å²) >= 11 is 0. The maximum atomic E-state index is 12.2. The SMILES string of the molecule is COC(=O)N=S1(=O)CCN(C(=O)OC(C)(C)C)CC1. The van der Waals surface area contributed by atoms with Crippen LogP contribution in [0.1, 0.15) is 20.8 Å². The van der Waals surface area contributed by atoms with Crippen LogP contribution in [0.3, 0.4) is 0 Å². The molecule has 1 aliphatic rings. The summed E-state index contributed by atoms with van der Waals surface area (Å²) in [5.74, 6) is 0.308. The van der Waals surface area contributed by atoms with E-state index in [0.29, 0.717) is 0 Å². The number of ether oxygens (including phenoxy) is 2. The zero-order valence-electron chi connectivity index (χ0n) is 11.7. The van der Waals surface area contributed by atoms with Gasteiger partial charge in [-0.3, -0.25) is 0 Å². The quantitative estimate of drug-likeness (QED) is 0.675. The van der Waals surface area contributed by atoms with E-state index in [9.17, 15) is 13.8 Å². The summed E-state index contributed by atoms with van der Waals surface area (Å²) < 4.78 is 25.3. The van der Waals surface area contributed by atoms with E-state index in [2.05, 4.69) is 9.10 Å². The van der Waals surface area contributed by atoms with E-state index in [0.717, 1.165) is 0 Å². The molecule has 1 heterocycles. The molecule has 0 spiro atoms. The number of rotatable bonds is 0. The highest BCUT2D eigenvalue weighted by molar-refractivity contribution is 7.94. The van der Waals surface area contributed by atoms with Gasteiger partial charge in [0.25, 0.3) is 0 Å². The second kappa shape index (κ2) is 5.77. The highest BCUT2D eigenvalue weighted by atomic mass is 32.2. The minimum Gasteiger partial charge on any atom is -0.451 e. The van der Waals surface area contributed by atoms with Crippen molar-refractivity contribution in [3.63, 3.8) is 0 Å². The van der Waals surface area contributed by atoms with Crippen molar-refractivity contribution in [2.45, 2.75) is 26.4 Å². The average Bonchev–Trinajstić information content (AvgIpc) is 2.26. The van der Waals surface area contributed by atoms with Crippen LogP contribution in [0.5, 0.6) is 0 Å². The van der Waals surface area contributed by atoms with Gasteiger partial charge in [-0.2, -0.15) is 0 Å². The number of amides is 2. The van der Waals surface area contributed by atoms with E-state index in [1.165, 1.54) is 12.0 Å². The first-order valence-electron chi connectivity index (χ1n) is 5.94. The van der Waals surface area contributed by atoms with Crippen LogP contribution >= 0.6 is 0 Å². The summed E-state index contributed by atoms with van der Waals surface area (Å²) in [7, 11) is -1.43. The molecule has 0 saturated carbocycles. The zero-order valence-corrected chi connectivity index (χ0v) is 12.5. The van der Waals surface area contributed by atoms with Crippen molar-refractivity contribution in [1.29, 1.82) is 0 Å². The molecule has 0 bridgehead atoms. The number of carbonyl (C=O) groups excluding carboxylic acids is 2. The third-order valence-electron chi connectivity index (χ3n) is 2.43. The highest BCUT2D eigenvalue weighted by Gasteiger charge is 2.28. The maximum absolute atomic E-state index is 12.2. The summed E-state index contributed by atoms with van der Waals surface area (Å²) in [5.41, 5.74) is -0.563. The van der Waals surface area contributed by atoms with Gasteiger partial charge >= 0.3 is 12.2 Å². The summed E-state index contributed by atoms with van der Waals surface area (Å²) in [4.78, 5) is 24.3. The van der Waals surface area contributed by atoms with E-state index in [4.69, 9.17) is 4.74 Å². The van der Waals surface area contributed by atoms with E-state index in [1.807, 2.05) is 0 Å². The van der Waals surface area contributed by atoms with Crippen molar-refractivity contribution in [3.8, 4) is 0 Å². The van der Waals surface area contributed by atoms with Crippen LogP contribution in [0.4, 0.5) is 9.59 Å². The Kier molecular flexibility index (Phi) is 4.78. The first kappa shape index (κ1) is 15.7. The van der Waals surface area contributed by atoms with Crippen molar-refractivity contribution < 1.29 is 23.3 Å². The monoisotopic (exact) mass is 292 g/mol. The Labute approximate surface area is 113 Å². The molecule has 0 aromatic rings. The lowest BCUT2D eigenvalue weighted by molar-refractivity contribution is 0.0268. The molecule has 1 saturated heterocycles. The number of hydrogen-bond acceptors (Lipinski definition) is 5. The maximum Gasteiger partial charge on any atom is 0.441 e. The molecule has 1 aliphatic heterocycles. The number of carbonyl (C=O) groups is 2. The molecular formula is C11H20N2O5S. The molecule has 0 aromatic heterocycles. The molecule has 7 nitrogen and oxygen atoms in total. The van der Waals surface area contributed by atoms with Crippen LogP contribution in [0.15, 0.2) is 4.36 Å². The Morgan fingerprint density at radius 3 is 2.16 bits per heavy atom.